The van der Waals surface area contributed by atoms with Gasteiger partial charge in [-0.1, -0.05) is 24.3 Å². The van der Waals surface area contributed by atoms with Crippen molar-refractivity contribution in [2.75, 3.05) is 5.73 Å². The van der Waals surface area contributed by atoms with Gasteiger partial charge in [-0.2, -0.15) is 0 Å². The average Bonchev–Trinajstić information content (AvgIpc) is 2.75. The molecule has 0 fully saturated rings. The van der Waals surface area contributed by atoms with Gasteiger partial charge >= 0.3 is 0 Å². The van der Waals surface area contributed by atoms with Gasteiger partial charge in [-0.25, -0.2) is 0 Å². The summed E-state index contributed by atoms with van der Waals surface area (Å²) in [7, 11) is 0. The lowest BCUT2D eigenvalue weighted by Crippen LogP contribution is -2.08. The average molecular weight is 225 g/mol. The van der Waals surface area contributed by atoms with Gasteiger partial charge in [0.2, 0.25) is 0 Å². The third-order valence-corrected chi connectivity index (χ3v) is 2.76. The minimum absolute atomic E-state index is 0.0560. The zero-order valence-corrected chi connectivity index (χ0v) is 9.05. The summed E-state index contributed by atoms with van der Waals surface area (Å²) in [5.74, 6) is 0. The molecule has 3 rings (SSSR count). The van der Waals surface area contributed by atoms with Crippen molar-refractivity contribution in [2.24, 2.45) is 0 Å². The fourth-order valence-corrected chi connectivity index (χ4v) is 1.91. The molecule has 3 aromatic rings. The molecule has 84 valence electrons. The number of fused-ring (bicyclic) bond motifs is 1. The van der Waals surface area contributed by atoms with Gasteiger partial charge in [-0.05, 0) is 12.1 Å². The Morgan fingerprint density at radius 3 is 2.65 bits per heavy atom. The zero-order valence-electron chi connectivity index (χ0n) is 9.05. The fourth-order valence-electron chi connectivity index (χ4n) is 1.91. The van der Waals surface area contributed by atoms with Gasteiger partial charge < -0.3 is 10.7 Å². The lowest BCUT2D eigenvalue weighted by molar-refractivity contribution is 1.11. The number of pyridine rings is 1. The third kappa shape index (κ3) is 1.50. The molecule has 0 saturated carbocycles. The number of rotatable bonds is 1. The fraction of sp³-hybridized carbons (Fsp3) is 0. The Labute approximate surface area is 97.3 Å². The molecule has 4 heteroatoms. The summed E-state index contributed by atoms with van der Waals surface area (Å²) in [5.41, 5.74) is 9.03. The molecule has 0 aliphatic heterocycles. The lowest BCUT2D eigenvalue weighted by atomic mass is 10.1. The van der Waals surface area contributed by atoms with Crippen LogP contribution in [0.15, 0.2) is 53.5 Å². The SMILES string of the molecule is Nc1ccccc1-c1cn2c(=O)cccc2[nH]1. The van der Waals surface area contributed by atoms with Crippen LogP contribution in [-0.4, -0.2) is 9.38 Å². The van der Waals surface area contributed by atoms with E-state index in [9.17, 15) is 4.79 Å². The molecule has 2 aromatic heterocycles. The predicted molar refractivity (Wildman–Crippen MR) is 67.9 cm³/mol. The number of aromatic amines is 1. The maximum Gasteiger partial charge on any atom is 0.256 e. The highest BCUT2D eigenvalue weighted by atomic mass is 16.1. The van der Waals surface area contributed by atoms with Crippen molar-refractivity contribution in [3.8, 4) is 11.3 Å². The third-order valence-electron chi connectivity index (χ3n) is 2.76. The van der Waals surface area contributed by atoms with E-state index in [1.807, 2.05) is 30.3 Å². The maximum atomic E-state index is 11.6. The number of benzene rings is 1. The smallest absolute Gasteiger partial charge is 0.256 e. The van der Waals surface area contributed by atoms with Crippen LogP contribution >= 0.6 is 0 Å². The Balaban J connectivity index is 2.30. The van der Waals surface area contributed by atoms with Crippen LogP contribution in [0.2, 0.25) is 0 Å². The summed E-state index contributed by atoms with van der Waals surface area (Å²) in [6.45, 7) is 0. The summed E-state index contributed by atoms with van der Waals surface area (Å²) in [6.07, 6.45) is 1.77. The zero-order chi connectivity index (χ0) is 11.8. The Morgan fingerprint density at radius 2 is 1.88 bits per heavy atom. The van der Waals surface area contributed by atoms with E-state index in [1.165, 1.54) is 6.07 Å². The van der Waals surface area contributed by atoms with Gasteiger partial charge in [0.15, 0.2) is 0 Å². The Bertz CT molecular complexity index is 740. The number of H-pyrrole nitrogens is 1. The number of anilines is 1. The number of hydrogen-bond acceptors (Lipinski definition) is 2. The van der Waals surface area contributed by atoms with E-state index in [-0.39, 0.29) is 5.56 Å². The number of nitrogens with zero attached hydrogens (tertiary/aromatic N) is 1. The summed E-state index contributed by atoms with van der Waals surface area (Å²) in [6, 6.07) is 12.7. The van der Waals surface area contributed by atoms with Gasteiger partial charge in [0.05, 0.1) is 5.69 Å². The minimum atomic E-state index is -0.0560. The van der Waals surface area contributed by atoms with Crippen molar-refractivity contribution in [1.29, 1.82) is 0 Å². The minimum Gasteiger partial charge on any atom is -0.398 e. The van der Waals surface area contributed by atoms with E-state index in [0.717, 1.165) is 16.9 Å². The molecule has 0 spiro atoms. The molecular formula is C13H11N3O. The Kier molecular flexibility index (Phi) is 2.01. The van der Waals surface area contributed by atoms with E-state index in [0.29, 0.717) is 5.69 Å². The molecule has 3 N–H and O–H groups in total. The number of hydrogen-bond donors (Lipinski definition) is 2. The first-order valence-corrected chi connectivity index (χ1v) is 5.31. The summed E-state index contributed by atoms with van der Waals surface area (Å²) < 4.78 is 1.57. The number of imidazole rings is 1. The first kappa shape index (κ1) is 9.72. The van der Waals surface area contributed by atoms with Crippen molar-refractivity contribution in [3.05, 3.63) is 59.0 Å². The number of nitrogen functional groups attached to an aromatic ring is 1. The molecular weight excluding hydrogens is 214 g/mol. The molecule has 4 nitrogen and oxygen atoms in total. The highest BCUT2D eigenvalue weighted by Gasteiger charge is 2.06. The van der Waals surface area contributed by atoms with Crippen LogP contribution in [0, 0.1) is 0 Å². The molecule has 0 saturated heterocycles. The van der Waals surface area contributed by atoms with E-state index >= 15 is 0 Å². The standard InChI is InChI=1S/C13H11N3O/c14-10-5-2-1-4-9(10)11-8-16-12(15-11)6-3-7-13(16)17/h1-8,15H,14H2. The molecule has 0 atom stereocenters. The molecule has 0 bridgehead atoms. The van der Waals surface area contributed by atoms with Gasteiger partial charge in [-0.3, -0.25) is 9.20 Å². The normalized spacial score (nSPS) is 10.8. The van der Waals surface area contributed by atoms with E-state index in [1.54, 1.807) is 16.7 Å². The van der Waals surface area contributed by atoms with Crippen LogP contribution in [-0.2, 0) is 0 Å². The van der Waals surface area contributed by atoms with Crippen LogP contribution in [0.5, 0.6) is 0 Å². The van der Waals surface area contributed by atoms with Crippen LogP contribution in [0.25, 0.3) is 16.9 Å². The second-order valence-corrected chi connectivity index (χ2v) is 3.87. The van der Waals surface area contributed by atoms with Crippen molar-refractivity contribution in [2.45, 2.75) is 0 Å². The highest BCUT2D eigenvalue weighted by Crippen LogP contribution is 2.24. The lowest BCUT2D eigenvalue weighted by Gasteiger charge is -2.00. The molecule has 0 unspecified atom stereocenters. The van der Waals surface area contributed by atoms with Crippen molar-refractivity contribution < 1.29 is 0 Å². The monoisotopic (exact) mass is 225 g/mol. The van der Waals surface area contributed by atoms with Crippen LogP contribution in [0.4, 0.5) is 5.69 Å². The topological polar surface area (TPSA) is 63.3 Å². The highest BCUT2D eigenvalue weighted by molar-refractivity contribution is 5.74. The molecule has 0 aliphatic carbocycles. The summed E-state index contributed by atoms with van der Waals surface area (Å²) >= 11 is 0. The predicted octanol–water partition coefficient (Wildman–Crippen LogP) is 1.88. The number of nitrogens with two attached hydrogens (primary N) is 1. The molecule has 0 amide bonds. The largest absolute Gasteiger partial charge is 0.398 e. The van der Waals surface area contributed by atoms with E-state index in [2.05, 4.69) is 4.98 Å². The summed E-state index contributed by atoms with van der Waals surface area (Å²) in [5, 5.41) is 0. The Morgan fingerprint density at radius 1 is 1.06 bits per heavy atom. The van der Waals surface area contributed by atoms with Gasteiger partial charge in [0.1, 0.15) is 5.65 Å². The number of aromatic nitrogens is 2. The van der Waals surface area contributed by atoms with E-state index < -0.39 is 0 Å². The molecule has 2 heterocycles. The van der Waals surface area contributed by atoms with Crippen LogP contribution in [0.3, 0.4) is 0 Å². The number of para-hydroxylation sites is 1. The molecule has 0 aliphatic rings. The van der Waals surface area contributed by atoms with Gasteiger partial charge in [0.25, 0.3) is 5.56 Å². The first-order valence-electron chi connectivity index (χ1n) is 5.31. The van der Waals surface area contributed by atoms with Crippen molar-refractivity contribution in [3.63, 3.8) is 0 Å². The molecule has 1 aromatic carbocycles. The first-order chi connectivity index (χ1) is 8.25. The summed E-state index contributed by atoms with van der Waals surface area (Å²) in [4.78, 5) is 14.8. The van der Waals surface area contributed by atoms with E-state index in [4.69, 9.17) is 5.73 Å². The quantitative estimate of drug-likeness (QED) is 0.621. The second-order valence-electron chi connectivity index (χ2n) is 3.87. The number of nitrogens with one attached hydrogen (secondary N) is 1. The molecule has 0 radical (unpaired) electrons. The second kappa shape index (κ2) is 3.52. The van der Waals surface area contributed by atoms with Gasteiger partial charge in [-0.15, -0.1) is 0 Å². The van der Waals surface area contributed by atoms with Crippen molar-refractivity contribution in [1.82, 2.24) is 9.38 Å². The Hall–Kier alpha value is -2.49. The van der Waals surface area contributed by atoms with Crippen LogP contribution in [0.1, 0.15) is 0 Å². The maximum absolute atomic E-state index is 11.6. The molecule has 17 heavy (non-hydrogen) atoms. The van der Waals surface area contributed by atoms with Crippen LogP contribution < -0.4 is 11.3 Å². The van der Waals surface area contributed by atoms with Gasteiger partial charge in [0, 0.05) is 23.5 Å². The van der Waals surface area contributed by atoms with Crippen molar-refractivity contribution >= 4 is 11.3 Å².